The first-order valence-electron chi connectivity index (χ1n) is 5.50. The van der Waals surface area contributed by atoms with Crippen LogP contribution in [0.15, 0.2) is 29.4 Å². The Hall–Kier alpha value is -1.47. The molecule has 1 heterocycles. The van der Waals surface area contributed by atoms with Gasteiger partial charge in [0.15, 0.2) is 0 Å². The van der Waals surface area contributed by atoms with Crippen LogP contribution < -0.4 is 0 Å². The SMILES string of the molecule is CCOC(=O)CCN(C)S(=O)(=O)c1cccnc1. The summed E-state index contributed by atoms with van der Waals surface area (Å²) in [7, 11) is -2.17. The molecule has 0 aliphatic carbocycles. The largest absolute Gasteiger partial charge is 0.466 e. The molecule has 0 unspecified atom stereocenters. The Morgan fingerprint density at radius 3 is 2.78 bits per heavy atom. The highest BCUT2D eigenvalue weighted by Crippen LogP contribution is 2.12. The van der Waals surface area contributed by atoms with Crippen LogP contribution in [0.5, 0.6) is 0 Å². The summed E-state index contributed by atoms with van der Waals surface area (Å²) in [5.41, 5.74) is 0. The quantitative estimate of drug-likeness (QED) is 0.711. The standard InChI is InChI=1S/C11H16N2O4S/c1-3-17-11(14)6-8-13(2)18(15,16)10-5-4-7-12-9-10/h4-5,7,9H,3,6,8H2,1-2H3. The summed E-state index contributed by atoms with van der Waals surface area (Å²) in [6, 6.07) is 3.01. The van der Waals surface area contributed by atoms with Crippen LogP contribution in [0.25, 0.3) is 0 Å². The Labute approximate surface area is 107 Å². The Morgan fingerprint density at radius 1 is 1.50 bits per heavy atom. The van der Waals surface area contributed by atoms with Gasteiger partial charge in [-0.05, 0) is 19.1 Å². The lowest BCUT2D eigenvalue weighted by Gasteiger charge is -2.16. The summed E-state index contributed by atoms with van der Waals surface area (Å²) in [4.78, 5) is 15.0. The zero-order valence-corrected chi connectivity index (χ0v) is 11.2. The molecule has 0 aliphatic rings. The van der Waals surface area contributed by atoms with E-state index in [1.54, 1.807) is 13.0 Å². The molecule has 1 rings (SSSR count). The second-order valence-corrected chi connectivity index (χ2v) is 5.62. The molecule has 0 bridgehead atoms. The Kier molecular flexibility index (Phi) is 5.24. The zero-order valence-electron chi connectivity index (χ0n) is 10.4. The third kappa shape index (κ3) is 3.78. The van der Waals surface area contributed by atoms with Crippen LogP contribution in [0, 0.1) is 0 Å². The van der Waals surface area contributed by atoms with Crippen LogP contribution in [-0.4, -0.2) is 43.9 Å². The second-order valence-electron chi connectivity index (χ2n) is 3.57. The van der Waals surface area contributed by atoms with E-state index in [1.165, 1.54) is 25.5 Å². The van der Waals surface area contributed by atoms with Gasteiger partial charge in [0.05, 0.1) is 13.0 Å². The van der Waals surface area contributed by atoms with Gasteiger partial charge in [-0.1, -0.05) is 0 Å². The molecule has 0 atom stereocenters. The van der Waals surface area contributed by atoms with Crippen molar-refractivity contribution < 1.29 is 17.9 Å². The number of hydrogen-bond donors (Lipinski definition) is 0. The molecule has 0 aliphatic heterocycles. The predicted octanol–water partition coefficient (Wildman–Crippen LogP) is 0.655. The number of carbonyl (C=O) groups is 1. The van der Waals surface area contributed by atoms with E-state index >= 15 is 0 Å². The Balaban J connectivity index is 2.66. The fraction of sp³-hybridized carbons (Fsp3) is 0.455. The third-order valence-corrected chi connectivity index (χ3v) is 4.12. The van der Waals surface area contributed by atoms with Crippen molar-refractivity contribution in [1.29, 1.82) is 0 Å². The first kappa shape index (κ1) is 14.6. The number of aromatic nitrogens is 1. The Morgan fingerprint density at radius 2 is 2.22 bits per heavy atom. The van der Waals surface area contributed by atoms with E-state index in [1.807, 2.05) is 0 Å². The number of pyridine rings is 1. The summed E-state index contributed by atoms with van der Waals surface area (Å²) in [6.07, 6.45) is 2.80. The monoisotopic (exact) mass is 272 g/mol. The minimum absolute atomic E-state index is 0.0316. The van der Waals surface area contributed by atoms with Gasteiger partial charge in [0.25, 0.3) is 0 Å². The maximum absolute atomic E-state index is 12.0. The number of nitrogens with zero attached hydrogens (tertiary/aromatic N) is 2. The van der Waals surface area contributed by atoms with Gasteiger partial charge in [-0.25, -0.2) is 12.7 Å². The summed E-state index contributed by atoms with van der Waals surface area (Å²) < 4.78 is 29.9. The van der Waals surface area contributed by atoms with Crippen LogP contribution in [0.3, 0.4) is 0 Å². The van der Waals surface area contributed by atoms with E-state index in [9.17, 15) is 13.2 Å². The number of ether oxygens (including phenoxy) is 1. The molecule has 1 aromatic rings. The molecule has 0 radical (unpaired) electrons. The molecule has 100 valence electrons. The van der Waals surface area contributed by atoms with Gasteiger partial charge in [-0.3, -0.25) is 9.78 Å². The van der Waals surface area contributed by atoms with E-state index in [0.717, 1.165) is 4.31 Å². The number of esters is 1. The summed E-state index contributed by atoms with van der Waals surface area (Å²) >= 11 is 0. The number of sulfonamides is 1. The van der Waals surface area contributed by atoms with Crippen LogP contribution in [0.1, 0.15) is 13.3 Å². The van der Waals surface area contributed by atoms with Gasteiger partial charge in [0, 0.05) is 26.0 Å². The van der Waals surface area contributed by atoms with Crippen molar-refractivity contribution in [2.75, 3.05) is 20.2 Å². The van der Waals surface area contributed by atoms with Gasteiger partial charge < -0.3 is 4.74 Å². The molecule has 7 heteroatoms. The zero-order chi connectivity index (χ0) is 13.6. The number of carbonyl (C=O) groups excluding carboxylic acids is 1. The lowest BCUT2D eigenvalue weighted by molar-refractivity contribution is -0.143. The normalized spacial score (nSPS) is 11.5. The average molecular weight is 272 g/mol. The molecule has 6 nitrogen and oxygen atoms in total. The van der Waals surface area contributed by atoms with Gasteiger partial charge >= 0.3 is 5.97 Å². The number of hydrogen-bond acceptors (Lipinski definition) is 5. The van der Waals surface area contributed by atoms with Crippen molar-refractivity contribution in [2.24, 2.45) is 0 Å². The molecule has 0 spiro atoms. The molecule has 0 amide bonds. The molecule has 18 heavy (non-hydrogen) atoms. The van der Waals surface area contributed by atoms with Crippen molar-refractivity contribution in [3.8, 4) is 0 Å². The molecule has 0 fully saturated rings. The fourth-order valence-electron chi connectivity index (χ4n) is 1.28. The molecular weight excluding hydrogens is 256 g/mol. The third-order valence-electron chi connectivity index (χ3n) is 2.28. The molecular formula is C11H16N2O4S. The molecule has 0 N–H and O–H groups in total. The highest BCUT2D eigenvalue weighted by Gasteiger charge is 2.21. The van der Waals surface area contributed by atoms with E-state index in [0.29, 0.717) is 0 Å². The van der Waals surface area contributed by atoms with Crippen LogP contribution in [-0.2, 0) is 19.6 Å². The van der Waals surface area contributed by atoms with Crippen molar-refractivity contribution in [2.45, 2.75) is 18.2 Å². The van der Waals surface area contributed by atoms with Crippen molar-refractivity contribution in [1.82, 2.24) is 9.29 Å². The van der Waals surface area contributed by atoms with E-state index in [4.69, 9.17) is 4.74 Å². The summed E-state index contributed by atoms with van der Waals surface area (Å²) in [5.74, 6) is -0.411. The fourth-order valence-corrected chi connectivity index (χ4v) is 2.42. The van der Waals surface area contributed by atoms with Gasteiger partial charge in [-0.15, -0.1) is 0 Å². The minimum atomic E-state index is -3.59. The first-order valence-corrected chi connectivity index (χ1v) is 6.94. The topological polar surface area (TPSA) is 76.6 Å². The molecule has 1 aromatic heterocycles. The second kappa shape index (κ2) is 6.46. The van der Waals surface area contributed by atoms with Crippen molar-refractivity contribution >= 4 is 16.0 Å². The van der Waals surface area contributed by atoms with E-state index in [-0.39, 0.29) is 24.5 Å². The predicted molar refractivity (Wildman–Crippen MR) is 65.3 cm³/mol. The average Bonchev–Trinajstić information content (AvgIpc) is 2.37. The first-order chi connectivity index (χ1) is 8.48. The lowest BCUT2D eigenvalue weighted by atomic mass is 10.4. The van der Waals surface area contributed by atoms with Crippen LogP contribution in [0.4, 0.5) is 0 Å². The van der Waals surface area contributed by atoms with Gasteiger partial charge in [0.1, 0.15) is 4.90 Å². The van der Waals surface area contributed by atoms with E-state index in [2.05, 4.69) is 4.98 Å². The highest BCUT2D eigenvalue weighted by atomic mass is 32.2. The van der Waals surface area contributed by atoms with Gasteiger partial charge in [-0.2, -0.15) is 0 Å². The summed E-state index contributed by atoms with van der Waals surface area (Å²) in [6.45, 7) is 2.07. The molecule has 0 saturated heterocycles. The number of rotatable bonds is 6. The molecule has 0 saturated carbocycles. The maximum atomic E-state index is 12.0. The Bertz CT molecular complexity index is 487. The highest BCUT2D eigenvalue weighted by molar-refractivity contribution is 7.89. The van der Waals surface area contributed by atoms with Crippen molar-refractivity contribution in [3.63, 3.8) is 0 Å². The maximum Gasteiger partial charge on any atom is 0.307 e. The summed E-state index contributed by atoms with van der Waals surface area (Å²) in [5, 5.41) is 0. The van der Waals surface area contributed by atoms with Gasteiger partial charge in [0.2, 0.25) is 10.0 Å². The van der Waals surface area contributed by atoms with Crippen molar-refractivity contribution in [3.05, 3.63) is 24.5 Å². The van der Waals surface area contributed by atoms with Crippen LogP contribution in [0.2, 0.25) is 0 Å². The molecule has 0 aromatic carbocycles. The smallest absolute Gasteiger partial charge is 0.307 e. The lowest BCUT2D eigenvalue weighted by Crippen LogP contribution is -2.29. The van der Waals surface area contributed by atoms with Crippen LogP contribution >= 0.6 is 0 Å². The van der Waals surface area contributed by atoms with E-state index < -0.39 is 16.0 Å². The minimum Gasteiger partial charge on any atom is -0.466 e.